The SMILES string of the molecule is CCOC(=O)CNC(=O)NCc1cccc(-c2ccc([C@H]3O[C@@H](CN(Cc4ccccc4)Cc4ccccc4)C[C@@H](c4ccc(CO)cc4)O3)cc2)c1. The molecule has 6 rings (SSSR count). The van der Waals surface area contributed by atoms with Crippen molar-refractivity contribution in [3.63, 3.8) is 0 Å². The molecular weight excluding hydrogens is 666 g/mol. The van der Waals surface area contributed by atoms with E-state index in [-0.39, 0.29) is 32.0 Å². The Hall–Kier alpha value is -5.32. The van der Waals surface area contributed by atoms with Gasteiger partial charge in [-0.3, -0.25) is 9.69 Å². The third kappa shape index (κ3) is 11.1. The molecule has 0 spiro atoms. The lowest BCUT2D eigenvalue weighted by Gasteiger charge is -2.38. The molecule has 3 N–H and O–H groups in total. The molecule has 5 aromatic carbocycles. The Kier molecular flexibility index (Phi) is 13.4. The predicted molar refractivity (Wildman–Crippen MR) is 204 cm³/mol. The van der Waals surface area contributed by atoms with Gasteiger partial charge < -0.3 is 30.0 Å². The number of hydrogen-bond acceptors (Lipinski definition) is 7. The first-order valence-corrected chi connectivity index (χ1v) is 18.1. The van der Waals surface area contributed by atoms with E-state index in [2.05, 4.69) is 76.2 Å². The molecule has 9 nitrogen and oxygen atoms in total. The zero-order valence-electron chi connectivity index (χ0n) is 30.0. The van der Waals surface area contributed by atoms with Crippen molar-refractivity contribution in [2.24, 2.45) is 0 Å². The predicted octanol–water partition coefficient (Wildman–Crippen LogP) is 7.46. The van der Waals surface area contributed by atoms with Gasteiger partial charge in [-0.15, -0.1) is 0 Å². The van der Waals surface area contributed by atoms with E-state index in [1.165, 1.54) is 11.1 Å². The van der Waals surface area contributed by atoms with E-state index in [4.69, 9.17) is 14.2 Å². The second-order valence-electron chi connectivity index (χ2n) is 13.2. The van der Waals surface area contributed by atoms with E-state index < -0.39 is 18.3 Å². The summed E-state index contributed by atoms with van der Waals surface area (Å²) in [5.41, 5.74) is 8.27. The number of aliphatic hydroxyl groups excluding tert-OH is 1. The lowest BCUT2D eigenvalue weighted by Crippen LogP contribution is -2.39. The summed E-state index contributed by atoms with van der Waals surface area (Å²) >= 11 is 0. The highest BCUT2D eigenvalue weighted by molar-refractivity contribution is 5.80. The Morgan fingerprint density at radius 2 is 1.36 bits per heavy atom. The molecular formula is C44H47N3O6. The van der Waals surface area contributed by atoms with Crippen LogP contribution in [-0.4, -0.2) is 47.8 Å². The second kappa shape index (κ2) is 19.0. The smallest absolute Gasteiger partial charge is 0.325 e. The van der Waals surface area contributed by atoms with Gasteiger partial charge in [0, 0.05) is 38.2 Å². The first-order valence-electron chi connectivity index (χ1n) is 18.1. The van der Waals surface area contributed by atoms with Gasteiger partial charge in [0.05, 0.1) is 25.4 Å². The molecule has 3 atom stereocenters. The highest BCUT2D eigenvalue weighted by atomic mass is 16.7. The van der Waals surface area contributed by atoms with Crippen molar-refractivity contribution in [2.45, 2.75) is 58.1 Å². The third-order valence-corrected chi connectivity index (χ3v) is 9.17. The quantitative estimate of drug-likeness (QED) is 0.0968. The Morgan fingerprint density at radius 1 is 0.717 bits per heavy atom. The third-order valence-electron chi connectivity index (χ3n) is 9.17. The van der Waals surface area contributed by atoms with E-state index in [1.807, 2.05) is 72.8 Å². The number of benzene rings is 5. The molecule has 0 saturated carbocycles. The van der Waals surface area contributed by atoms with E-state index in [1.54, 1.807) is 6.92 Å². The van der Waals surface area contributed by atoms with Crippen LogP contribution in [0, 0.1) is 0 Å². The molecule has 2 amide bonds. The first-order chi connectivity index (χ1) is 25.9. The molecule has 0 bridgehead atoms. The Balaban J connectivity index is 1.17. The minimum absolute atomic E-state index is 0.00762. The number of esters is 1. The minimum Gasteiger partial charge on any atom is -0.465 e. The van der Waals surface area contributed by atoms with Crippen molar-refractivity contribution in [2.75, 3.05) is 19.7 Å². The molecule has 1 fully saturated rings. The summed E-state index contributed by atoms with van der Waals surface area (Å²) in [7, 11) is 0. The van der Waals surface area contributed by atoms with Crippen LogP contribution >= 0.6 is 0 Å². The molecule has 0 radical (unpaired) electrons. The fourth-order valence-corrected chi connectivity index (χ4v) is 6.49. The average Bonchev–Trinajstić information content (AvgIpc) is 3.20. The van der Waals surface area contributed by atoms with Gasteiger partial charge in [0.25, 0.3) is 0 Å². The van der Waals surface area contributed by atoms with Crippen molar-refractivity contribution < 1.29 is 28.9 Å². The van der Waals surface area contributed by atoms with E-state index in [0.29, 0.717) is 19.5 Å². The van der Waals surface area contributed by atoms with Crippen LogP contribution in [0.2, 0.25) is 0 Å². The first kappa shape index (κ1) is 37.4. The molecule has 9 heteroatoms. The summed E-state index contributed by atoms with van der Waals surface area (Å²) in [4.78, 5) is 26.2. The lowest BCUT2D eigenvalue weighted by atomic mass is 9.98. The number of amides is 2. The normalized spacial score (nSPS) is 16.9. The van der Waals surface area contributed by atoms with Crippen LogP contribution < -0.4 is 10.6 Å². The number of carbonyl (C=O) groups is 2. The summed E-state index contributed by atoms with van der Waals surface area (Å²) in [6.07, 6.45) is -0.194. The van der Waals surface area contributed by atoms with Crippen LogP contribution in [0.5, 0.6) is 0 Å². The van der Waals surface area contributed by atoms with Crippen molar-refractivity contribution >= 4 is 12.0 Å². The van der Waals surface area contributed by atoms with E-state index >= 15 is 0 Å². The van der Waals surface area contributed by atoms with Gasteiger partial charge in [-0.1, -0.05) is 127 Å². The number of hydrogen-bond donors (Lipinski definition) is 3. The Bertz CT molecular complexity index is 1850. The number of aliphatic hydroxyl groups is 1. The summed E-state index contributed by atoms with van der Waals surface area (Å²) in [6, 6.07) is 44.8. The molecule has 1 aliphatic rings. The van der Waals surface area contributed by atoms with Gasteiger partial charge >= 0.3 is 12.0 Å². The monoisotopic (exact) mass is 713 g/mol. The highest BCUT2D eigenvalue weighted by Gasteiger charge is 2.33. The fraction of sp³-hybridized carbons (Fsp3) is 0.273. The number of ether oxygens (including phenoxy) is 3. The zero-order valence-corrected chi connectivity index (χ0v) is 30.0. The number of nitrogens with zero attached hydrogens (tertiary/aromatic N) is 1. The van der Waals surface area contributed by atoms with E-state index in [0.717, 1.165) is 46.5 Å². The lowest BCUT2D eigenvalue weighted by molar-refractivity contribution is -0.253. The average molecular weight is 714 g/mol. The van der Waals surface area contributed by atoms with Crippen LogP contribution in [0.3, 0.4) is 0 Å². The molecule has 0 aliphatic carbocycles. The summed E-state index contributed by atoms with van der Waals surface area (Å²) in [5.74, 6) is -0.479. The molecule has 0 unspecified atom stereocenters. The van der Waals surface area contributed by atoms with Crippen molar-refractivity contribution in [3.05, 3.63) is 167 Å². The zero-order chi connectivity index (χ0) is 36.8. The highest BCUT2D eigenvalue weighted by Crippen LogP contribution is 2.39. The maximum absolute atomic E-state index is 12.2. The van der Waals surface area contributed by atoms with Gasteiger partial charge in [0.2, 0.25) is 0 Å². The van der Waals surface area contributed by atoms with Crippen LogP contribution in [0.1, 0.15) is 59.1 Å². The molecule has 1 saturated heterocycles. The van der Waals surface area contributed by atoms with Crippen molar-refractivity contribution in [1.82, 2.24) is 15.5 Å². The minimum atomic E-state index is -0.579. The van der Waals surface area contributed by atoms with Gasteiger partial charge in [-0.25, -0.2) is 4.79 Å². The van der Waals surface area contributed by atoms with Gasteiger partial charge in [0.15, 0.2) is 6.29 Å². The molecule has 274 valence electrons. The van der Waals surface area contributed by atoms with Gasteiger partial charge in [-0.05, 0) is 51.9 Å². The molecule has 5 aromatic rings. The Morgan fingerprint density at radius 3 is 2.00 bits per heavy atom. The molecule has 53 heavy (non-hydrogen) atoms. The van der Waals surface area contributed by atoms with Crippen molar-refractivity contribution in [3.8, 4) is 11.1 Å². The molecule has 1 heterocycles. The maximum Gasteiger partial charge on any atom is 0.325 e. The van der Waals surface area contributed by atoms with E-state index in [9.17, 15) is 14.7 Å². The fourth-order valence-electron chi connectivity index (χ4n) is 6.49. The van der Waals surface area contributed by atoms with Gasteiger partial charge in [0.1, 0.15) is 6.54 Å². The topological polar surface area (TPSA) is 109 Å². The molecule has 1 aliphatic heterocycles. The van der Waals surface area contributed by atoms with Crippen LogP contribution in [0.15, 0.2) is 133 Å². The standard InChI is InChI=1S/C44H47N3O6/c1-2-51-42(49)27-46-44(50)45-26-35-14-9-15-39(24-35)36-20-22-38(23-21-36)43-52-40(25-41(53-43)37-18-16-34(31-48)17-19-37)30-47(28-32-10-5-3-6-11-32)29-33-12-7-4-8-13-33/h3-24,40-41,43,48H,2,25-31H2,1H3,(H2,45,46,50)/t40-,41+,43+/m1/s1. The Labute approximate surface area is 311 Å². The van der Waals surface area contributed by atoms with Crippen LogP contribution in [-0.2, 0) is 45.2 Å². The van der Waals surface area contributed by atoms with Crippen LogP contribution in [0.25, 0.3) is 11.1 Å². The summed E-state index contributed by atoms with van der Waals surface area (Å²) < 4.78 is 18.3. The number of nitrogens with one attached hydrogen (secondary N) is 2. The van der Waals surface area contributed by atoms with Crippen molar-refractivity contribution in [1.29, 1.82) is 0 Å². The summed E-state index contributed by atoms with van der Waals surface area (Å²) in [6.45, 7) is 4.40. The second-order valence-corrected chi connectivity index (χ2v) is 13.2. The van der Waals surface area contributed by atoms with Crippen LogP contribution in [0.4, 0.5) is 4.79 Å². The number of carbonyl (C=O) groups excluding carboxylic acids is 2. The number of urea groups is 1. The number of rotatable bonds is 15. The largest absolute Gasteiger partial charge is 0.465 e. The molecule has 0 aromatic heterocycles. The maximum atomic E-state index is 12.2. The van der Waals surface area contributed by atoms with Gasteiger partial charge in [-0.2, -0.15) is 0 Å². The summed E-state index contributed by atoms with van der Waals surface area (Å²) in [5, 5.41) is 14.9.